The summed E-state index contributed by atoms with van der Waals surface area (Å²) in [6, 6.07) is 12.3. The van der Waals surface area contributed by atoms with Crippen molar-refractivity contribution in [3.63, 3.8) is 0 Å². The molecule has 6 heteroatoms. The molecule has 3 aromatic rings. The van der Waals surface area contributed by atoms with E-state index in [1.807, 2.05) is 24.3 Å². The Morgan fingerprint density at radius 1 is 1.11 bits per heavy atom. The van der Waals surface area contributed by atoms with Gasteiger partial charge in [0.05, 0.1) is 11.3 Å². The van der Waals surface area contributed by atoms with E-state index in [1.54, 1.807) is 25.2 Å². The number of pyridine rings is 1. The molecule has 0 unspecified atom stereocenters. The Hall–Kier alpha value is -1.82. The maximum absolute atomic E-state index is 9.81. The van der Waals surface area contributed by atoms with Crippen LogP contribution < -0.4 is 9.64 Å². The van der Waals surface area contributed by atoms with E-state index in [-0.39, 0.29) is 19.0 Å². The van der Waals surface area contributed by atoms with Crippen LogP contribution in [-0.2, 0) is 0 Å². The second-order valence-corrected chi connectivity index (χ2v) is 8.78. The van der Waals surface area contributed by atoms with Crippen LogP contribution in [0.25, 0.3) is 21.3 Å². The third-order valence-electron chi connectivity index (χ3n) is 4.83. The lowest BCUT2D eigenvalue weighted by Gasteiger charge is -2.28. The van der Waals surface area contributed by atoms with E-state index in [2.05, 4.69) is 22.4 Å². The summed E-state index contributed by atoms with van der Waals surface area (Å²) in [4.78, 5) is 7.47. The smallest absolute Gasteiger partial charge is 0.138 e. The van der Waals surface area contributed by atoms with E-state index in [4.69, 9.17) is 9.72 Å². The van der Waals surface area contributed by atoms with Crippen LogP contribution in [0.1, 0.15) is 33.1 Å². The topological polar surface area (TPSA) is 45.6 Å². The zero-order chi connectivity index (χ0) is 18.9. The standard InChI is InChI=1S/C22H26N2O2S.ClH/c1-22(2,25)15-26-17-8-6-16(7-9-17)19-14-20-18(10-13-27-20)21(23-19)24-11-4-3-5-12-24;/h6-10,13-14,25H,3-5,11-12,15H2,1-2H3;1H. The molecule has 4 rings (SSSR count). The fourth-order valence-corrected chi connectivity index (χ4v) is 4.24. The zero-order valence-electron chi connectivity index (χ0n) is 16.4. The first kappa shape index (κ1) is 20.9. The fraction of sp³-hybridized carbons (Fsp3) is 0.409. The Morgan fingerprint density at radius 2 is 1.82 bits per heavy atom. The van der Waals surface area contributed by atoms with Crippen LogP contribution in [0.3, 0.4) is 0 Å². The highest BCUT2D eigenvalue weighted by Crippen LogP contribution is 2.34. The van der Waals surface area contributed by atoms with Crippen molar-refractivity contribution >= 4 is 39.6 Å². The molecule has 1 fully saturated rings. The van der Waals surface area contributed by atoms with Crippen molar-refractivity contribution in [3.8, 4) is 17.0 Å². The molecule has 4 nitrogen and oxygen atoms in total. The molecule has 0 saturated carbocycles. The van der Waals surface area contributed by atoms with Crippen molar-refractivity contribution in [1.29, 1.82) is 0 Å². The second-order valence-electron chi connectivity index (χ2n) is 7.84. The highest BCUT2D eigenvalue weighted by molar-refractivity contribution is 7.17. The predicted molar refractivity (Wildman–Crippen MR) is 120 cm³/mol. The van der Waals surface area contributed by atoms with Crippen molar-refractivity contribution in [2.24, 2.45) is 0 Å². The predicted octanol–water partition coefficient (Wildman–Crippen LogP) is 5.53. The van der Waals surface area contributed by atoms with E-state index in [0.717, 1.165) is 35.9 Å². The minimum absolute atomic E-state index is 0. The van der Waals surface area contributed by atoms with Crippen LogP contribution in [0.5, 0.6) is 5.75 Å². The monoisotopic (exact) mass is 418 g/mol. The van der Waals surface area contributed by atoms with Crippen molar-refractivity contribution in [2.75, 3.05) is 24.6 Å². The lowest BCUT2D eigenvalue weighted by molar-refractivity contribution is 0.0285. The van der Waals surface area contributed by atoms with Gasteiger partial charge >= 0.3 is 0 Å². The highest BCUT2D eigenvalue weighted by atomic mass is 35.5. The first-order valence-corrected chi connectivity index (χ1v) is 10.5. The van der Waals surface area contributed by atoms with Gasteiger partial charge in [-0.1, -0.05) is 0 Å². The molecule has 150 valence electrons. The van der Waals surface area contributed by atoms with Gasteiger partial charge in [-0.3, -0.25) is 0 Å². The van der Waals surface area contributed by atoms with Crippen LogP contribution in [-0.4, -0.2) is 35.4 Å². The first-order chi connectivity index (χ1) is 13.0. The minimum Gasteiger partial charge on any atom is -0.491 e. The van der Waals surface area contributed by atoms with Crippen LogP contribution in [0.15, 0.2) is 41.8 Å². The van der Waals surface area contributed by atoms with Gasteiger partial charge in [-0.25, -0.2) is 4.98 Å². The number of aromatic nitrogens is 1. The van der Waals surface area contributed by atoms with Crippen molar-refractivity contribution in [3.05, 3.63) is 41.8 Å². The fourth-order valence-electron chi connectivity index (χ4n) is 3.42. The minimum atomic E-state index is -0.840. The lowest BCUT2D eigenvalue weighted by atomic mass is 10.1. The molecule has 1 aromatic carbocycles. The summed E-state index contributed by atoms with van der Waals surface area (Å²) in [5.74, 6) is 1.88. The van der Waals surface area contributed by atoms with Crippen molar-refractivity contribution in [1.82, 2.24) is 4.98 Å². The second kappa shape index (κ2) is 8.68. The van der Waals surface area contributed by atoms with Crippen LogP contribution in [0.2, 0.25) is 0 Å². The van der Waals surface area contributed by atoms with Crippen molar-refractivity contribution < 1.29 is 9.84 Å². The Balaban J connectivity index is 0.00000225. The van der Waals surface area contributed by atoms with Gasteiger partial charge in [0.2, 0.25) is 0 Å². The maximum Gasteiger partial charge on any atom is 0.138 e. The summed E-state index contributed by atoms with van der Waals surface area (Å²) in [6.45, 7) is 5.93. The number of hydrogen-bond acceptors (Lipinski definition) is 5. The normalized spacial score (nSPS) is 14.8. The quantitative estimate of drug-likeness (QED) is 0.592. The van der Waals surface area contributed by atoms with Gasteiger partial charge in [0.25, 0.3) is 0 Å². The number of ether oxygens (including phenoxy) is 1. The molecule has 0 bridgehead atoms. The number of fused-ring (bicyclic) bond motifs is 1. The summed E-state index contributed by atoms with van der Waals surface area (Å²) in [6.07, 6.45) is 3.80. The molecular weight excluding hydrogens is 392 g/mol. The molecule has 1 aliphatic rings. The van der Waals surface area contributed by atoms with E-state index in [0.29, 0.717) is 0 Å². The molecular formula is C22H27ClN2O2S. The number of piperidine rings is 1. The average molecular weight is 419 g/mol. The van der Waals surface area contributed by atoms with E-state index in [9.17, 15) is 5.11 Å². The van der Waals surface area contributed by atoms with Gasteiger partial charge in [-0.2, -0.15) is 0 Å². The molecule has 0 amide bonds. The summed E-state index contributed by atoms with van der Waals surface area (Å²) >= 11 is 1.77. The zero-order valence-corrected chi connectivity index (χ0v) is 18.0. The third-order valence-corrected chi connectivity index (χ3v) is 5.69. The van der Waals surface area contributed by atoms with Gasteiger partial charge in [-0.15, -0.1) is 23.7 Å². The van der Waals surface area contributed by atoms with Gasteiger partial charge in [0.1, 0.15) is 18.2 Å². The summed E-state index contributed by atoms with van der Waals surface area (Å²) in [5.41, 5.74) is 1.24. The van der Waals surface area contributed by atoms with E-state index in [1.165, 1.54) is 29.3 Å². The van der Waals surface area contributed by atoms with Crippen molar-refractivity contribution in [2.45, 2.75) is 38.7 Å². The number of anilines is 1. The van der Waals surface area contributed by atoms with Gasteiger partial charge in [-0.05, 0) is 74.9 Å². The Kier molecular flexibility index (Phi) is 6.48. The van der Waals surface area contributed by atoms with Crippen LogP contribution in [0, 0.1) is 0 Å². The summed E-state index contributed by atoms with van der Waals surface area (Å²) < 4.78 is 6.94. The van der Waals surface area contributed by atoms with Gasteiger partial charge < -0.3 is 14.7 Å². The number of nitrogens with zero attached hydrogens (tertiary/aromatic N) is 2. The SMILES string of the molecule is CC(C)(O)COc1ccc(-c2cc3sccc3c(N3CCCCC3)n2)cc1.Cl. The molecule has 2 aromatic heterocycles. The third kappa shape index (κ3) is 4.77. The van der Waals surface area contributed by atoms with Gasteiger partial charge in [0, 0.05) is 28.7 Å². The van der Waals surface area contributed by atoms with Crippen LogP contribution >= 0.6 is 23.7 Å². The molecule has 1 N–H and O–H groups in total. The Morgan fingerprint density at radius 3 is 2.50 bits per heavy atom. The molecule has 0 atom stereocenters. The molecule has 28 heavy (non-hydrogen) atoms. The Labute approximate surface area is 176 Å². The average Bonchev–Trinajstić information content (AvgIpc) is 3.15. The lowest BCUT2D eigenvalue weighted by Crippen LogP contribution is -2.30. The highest BCUT2D eigenvalue weighted by Gasteiger charge is 2.18. The number of benzene rings is 1. The number of aliphatic hydroxyl groups is 1. The largest absolute Gasteiger partial charge is 0.491 e. The summed E-state index contributed by atoms with van der Waals surface area (Å²) in [5, 5.41) is 13.2. The first-order valence-electron chi connectivity index (χ1n) is 9.58. The molecule has 1 saturated heterocycles. The number of thiophene rings is 1. The van der Waals surface area contributed by atoms with E-state index >= 15 is 0 Å². The molecule has 0 aliphatic carbocycles. The molecule has 0 spiro atoms. The maximum atomic E-state index is 9.81. The van der Waals surface area contributed by atoms with Gasteiger partial charge in [0.15, 0.2) is 0 Å². The van der Waals surface area contributed by atoms with Crippen LogP contribution in [0.4, 0.5) is 5.82 Å². The number of halogens is 1. The molecule has 1 aliphatic heterocycles. The number of hydrogen-bond donors (Lipinski definition) is 1. The number of rotatable bonds is 5. The summed E-state index contributed by atoms with van der Waals surface area (Å²) in [7, 11) is 0. The Bertz CT molecular complexity index is 912. The van der Waals surface area contributed by atoms with E-state index < -0.39 is 5.60 Å². The molecule has 3 heterocycles. The molecule has 0 radical (unpaired) electrons.